The highest BCUT2D eigenvalue weighted by molar-refractivity contribution is 5.89. The van der Waals surface area contributed by atoms with Crippen molar-refractivity contribution in [1.82, 2.24) is 15.5 Å². The first-order chi connectivity index (χ1) is 15.6. The molecule has 2 fully saturated rings. The Bertz CT molecular complexity index is 956. The smallest absolute Gasteiger partial charge is 0.406 e. The highest BCUT2D eigenvalue weighted by Gasteiger charge is 2.40. The van der Waals surface area contributed by atoms with E-state index in [4.69, 9.17) is 9.47 Å². The zero-order valence-electron chi connectivity index (χ0n) is 18.6. The average molecular weight is 442 g/mol. The van der Waals surface area contributed by atoms with E-state index in [0.29, 0.717) is 26.3 Å². The molecule has 2 aromatic rings. The second-order valence-electron chi connectivity index (χ2n) is 8.22. The first kappa shape index (κ1) is 22.4. The van der Waals surface area contributed by atoms with Crippen LogP contribution >= 0.6 is 0 Å². The van der Waals surface area contributed by atoms with E-state index in [1.54, 1.807) is 0 Å². The fourth-order valence-corrected chi connectivity index (χ4v) is 4.14. The van der Waals surface area contributed by atoms with Crippen LogP contribution in [0.2, 0.25) is 0 Å². The Labute approximate surface area is 188 Å². The van der Waals surface area contributed by atoms with Gasteiger partial charge in [0.15, 0.2) is 0 Å². The van der Waals surface area contributed by atoms with Crippen molar-refractivity contribution in [2.75, 3.05) is 40.0 Å². The van der Waals surface area contributed by atoms with Crippen LogP contribution in [0.15, 0.2) is 36.4 Å². The Morgan fingerprint density at radius 3 is 2.81 bits per heavy atom. The normalized spacial score (nSPS) is 19.2. The lowest BCUT2D eigenvalue weighted by Gasteiger charge is -2.34. The number of carbonyl (C=O) groups excluding carboxylic acids is 2. The van der Waals surface area contributed by atoms with Crippen molar-refractivity contribution in [3.63, 3.8) is 0 Å². The first-order valence-electron chi connectivity index (χ1n) is 11.2. The number of alkyl carbamates (subject to hydrolysis) is 1. The molecule has 2 N–H and O–H groups in total. The Morgan fingerprint density at radius 1 is 1.28 bits per heavy atom. The van der Waals surface area contributed by atoms with Crippen LogP contribution in [0, 0.1) is 0 Å². The van der Waals surface area contributed by atoms with E-state index in [2.05, 4.69) is 28.4 Å². The van der Waals surface area contributed by atoms with Crippen LogP contribution in [-0.4, -0.2) is 69.0 Å². The van der Waals surface area contributed by atoms with Crippen LogP contribution in [0.3, 0.4) is 0 Å². The van der Waals surface area contributed by atoms with Crippen LogP contribution in [0.5, 0.6) is 5.75 Å². The lowest BCUT2D eigenvalue weighted by molar-refractivity contribution is -0.148. The number of nitrogens with zero attached hydrogens (tertiary/aromatic N) is 1. The third kappa shape index (κ3) is 5.14. The molecule has 2 aliphatic rings. The fourth-order valence-electron chi connectivity index (χ4n) is 4.14. The molecule has 172 valence electrons. The van der Waals surface area contributed by atoms with Crippen LogP contribution in [-0.2, 0) is 14.3 Å². The van der Waals surface area contributed by atoms with Crippen molar-refractivity contribution >= 4 is 22.8 Å². The van der Waals surface area contributed by atoms with E-state index in [1.807, 2.05) is 35.2 Å². The monoisotopic (exact) mass is 441 g/mol. The molecule has 4 rings (SSSR count). The summed E-state index contributed by atoms with van der Waals surface area (Å²) < 4.78 is 16.4. The third-order valence-electron chi connectivity index (χ3n) is 5.96. The molecule has 1 aliphatic heterocycles. The average Bonchev–Trinajstić information content (AvgIpc) is 3.67. The third-order valence-corrected chi connectivity index (χ3v) is 5.96. The summed E-state index contributed by atoms with van der Waals surface area (Å²) in [4.78, 5) is 26.6. The lowest BCUT2D eigenvalue weighted by atomic mass is 10.00. The van der Waals surface area contributed by atoms with Gasteiger partial charge in [0, 0.05) is 24.5 Å². The van der Waals surface area contributed by atoms with Crippen molar-refractivity contribution < 1.29 is 23.8 Å². The summed E-state index contributed by atoms with van der Waals surface area (Å²) >= 11 is 0. The second-order valence-corrected chi connectivity index (χ2v) is 8.22. The minimum Gasteiger partial charge on any atom is -0.491 e. The Morgan fingerprint density at radius 2 is 2.09 bits per heavy atom. The Kier molecular flexibility index (Phi) is 7.12. The molecular weight excluding hydrogens is 410 g/mol. The minimum atomic E-state index is -0.487. The van der Waals surface area contributed by atoms with Crippen LogP contribution in [0.25, 0.3) is 10.8 Å². The molecule has 0 aromatic heterocycles. The summed E-state index contributed by atoms with van der Waals surface area (Å²) in [5.41, 5.74) is 1.02. The van der Waals surface area contributed by atoms with Gasteiger partial charge in [-0.2, -0.15) is 0 Å². The first-order valence-corrected chi connectivity index (χ1v) is 11.2. The van der Waals surface area contributed by atoms with Gasteiger partial charge in [0.1, 0.15) is 18.5 Å². The van der Waals surface area contributed by atoms with Gasteiger partial charge in [-0.3, -0.25) is 4.79 Å². The van der Waals surface area contributed by atoms with Crippen molar-refractivity contribution in [2.45, 2.75) is 38.0 Å². The number of ether oxygens (including phenoxy) is 3. The lowest BCUT2D eigenvalue weighted by Crippen LogP contribution is -2.50. The number of hydrogen-bond donors (Lipinski definition) is 2. The summed E-state index contributed by atoms with van der Waals surface area (Å²) in [7, 11) is 1.33. The summed E-state index contributed by atoms with van der Waals surface area (Å²) in [5.74, 6) is 0.778. The molecule has 32 heavy (non-hydrogen) atoms. The predicted octanol–water partition coefficient (Wildman–Crippen LogP) is 2.62. The van der Waals surface area contributed by atoms with E-state index in [1.165, 1.54) is 7.11 Å². The highest BCUT2D eigenvalue weighted by Crippen LogP contribution is 2.38. The molecule has 1 aliphatic carbocycles. The Hall–Kier alpha value is -2.84. The molecule has 1 unspecified atom stereocenters. The van der Waals surface area contributed by atoms with Crippen molar-refractivity contribution in [3.05, 3.63) is 42.0 Å². The number of benzene rings is 2. The molecule has 0 bridgehead atoms. The zero-order valence-corrected chi connectivity index (χ0v) is 18.6. The maximum atomic E-state index is 13.3. The van der Waals surface area contributed by atoms with Gasteiger partial charge in [-0.05, 0) is 42.8 Å². The van der Waals surface area contributed by atoms with Crippen LogP contribution in [0.1, 0.15) is 31.4 Å². The van der Waals surface area contributed by atoms with Gasteiger partial charge in [-0.15, -0.1) is 0 Å². The quantitative estimate of drug-likeness (QED) is 0.613. The number of amides is 2. The van der Waals surface area contributed by atoms with Crippen molar-refractivity contribution in [2.24, 2.45) is 0 Å². The molecular formula is C24H31N3O5. The summed E-state index contributed by atoms with van der Waals surface area (Å²) in [6.07, 6.45) is 1.12. The number of rotatable bonds is 8. The molecule has 2 amide bonds. The van der Waals surface area contributed by atoms with Crippen LogP contribution < -0.4 is 15.4 Å². The number of carbonyl (C=O) groups is 2. The molecule has 8 heteroatoms. The van der Waals surface area contributed by atoms with Gasteiger partial charge in [0.25, 0.3) is 5.91 Å². The van der Waals surface area contributed by atoms with Gasteiger partial charge in [0.2, 0.25) is 0 Å². The molecule has 0 spiro atoms. The van der Waals surface area contributed by atoms with E-state index in [-0.39, 0.29) is 18.0 Å². The SMILES string of the molecule is COC(=O)NCCOc1cc(C(C)N(C(=O)[C@H]2CNCCO2)C2CC2)cc2ccccc12. The maximum absolute atomic E-state index is 13.3. The summed E-state index contributed by atoms with van der Waals surface area (Å²) in [6, 6.07) is 12.3. The maximum Gasteiger partial charge on any atom is 0.406 e. The molecule has 1 heterocycles. The van der Waals surface area contributed by atoms with E-state index in [9.17, 15) is 9.59 Å². The van der Waals surface area contributed by atoms with Gasteiger partial charge >= 0.3 is 6.09 Å². The molecule has 1 saturated carbocycles. The molecule has 1 saturated heterocycles. The molecule has 0 radical (unpaired) electrons. The molecule has 8 nitrogen and oxygen atoms in total. The highest BCUT2D eigenvalue weighted by atomic mass is 16.5. The van der Waals surface area contributed by atoms with Gasteiger partial charge in [0.05, 0.1) is 26.3 Å². The second kappa shape index (κ2) is 10.2. The number of methoxy groups -OCH3 is 1. The Balaban J connectivity index is 1.56. The molecule has 2 atom stereocenters. The van der Waals surface area contributed by atoms with Crippen molar-refractivity contribution in [1.29, 1.82) is 0 Å². The van der Waals surface area contributed by atoms with Gasteiger partial charge < -0.3 is 29.7 Å². The van der Waals surface area contributed by atoms with E-state index in [0.717, 1.165) is 41.5 Å². The summed E-state index contributed by atoms with van der Waals surface area (Å²) in [5, 5.41) is 7.91. The van der Waals surface area contributed by atoms with E-state index < -0.39 is 12.2 Å². The number of hydrogen-bond acceptors (Lipinski definition) is 6. The summed E-state index contributed by atoms with van der Waals surface area (Å²) in [6.45, 7) is 4.59. The zero-order chi connectivity index (χ0) is 22.5. The number of morpholine rings is 1. The minimum absolute atomic E-state index is 0.0464. The van der Waals surface area contributed by atoms with Crippen molar-refractivity contribution in [3.8, 4) is 5.75 Å². The predicted molar refractivity (Wildman–Crippen MR) is 121 cm³/mol. The number of nitrogens with one attached hydrogen (secondary N) is 2. The fraction of sp³-hybridized carbons (Fsp3) is 0.500. The van der Waals surface area contributed by atoms with Gasteiger partial charge in [-0.25, -0.2) is 4.79 Å². The van der Waals surface area contributed by atoms with Gasteiger partial charge in [-0.1, -0.05) is 24.3 Å². The molecule has 2 aromatic carbocycles. The largest absolute Gasteiger partial charge is 0.491 e. The van der Waals surface area contributed by atoms with E-state index >= 15 is 0 Å². The van der Waals surface area contributed by atoms with Crippen LogP contribution in [0.4, 0.5) is 4.79 Å². The topological polar surface area (TPSA) is 89.1 Å². The number of fused-ring (bicyclic) bond motifs is 1. The standard InChI is InChI=1S/C24H31N3O5/c1-16(27(19-7-8-19)23(28)22-15-25-9-11-32-22)18-13-17-5-3-4-6-20(17)21(14-18)31-12-10-26-24(29)30-2/h3-6,13-14,16,19,22,25H,7-12,15H2,1-2H3,(H,26,29)/t16?,22-/m1/s1.